The van der Waals surface area contributed by atoms with Gasteiger partial charge in [0, 0.05) is 4.88 Å². The molecule has 4 rings (SSSR count). The third-order valence-corrected chi connectivity index (χ3v) is 6.70. The second kappa shape index (κ2) is 10.3. The molecule has 0 spiro atoms. The smallest absolute Gasteiger partial charge is 0.338 e. The molecule has 1 aliphatic rings. The molecule has 6 nitrogen and oxygen atoms in total. The van der Waals surface area contributed by atoms with Crippen molar-refractivity contribution < 1.29 is 19.1 Å². The van der Waals surface area contributed by atoms with Gasteiger partial charge >= 0.3 is 5.97 Å². The van der Waals surface area contributed by atoms with Crippen LogP contribution in [-0.4, -0.2) is 18.5 Å². The van der Waals surface area contributed by atoms with Crippen LogP contribution in [0.1, 0.15) is 45.3 Å². The molecular formula is C26H24N2O4S. The van der Waals surface area contributed by atoms with Gasteiger partial charge in [-0.05, 0) is 54.5 Å². The van der Waals surface area contributed by atoms with E-state index in [2.05, 4.69) is 18.3 Å². The van der Waals surface area contributed by atoms with Crippen LogP contribution in [0.15, 0.2) is 54.6 Å². The molecule has 1 aliphatic carbocycles. The molecule has 0 bridgehead atoms. The zero-order chi connectivity index (χ0) is 23.2. The van der Waals surface area contributed by atoms with Crippen molar-refractivity contribution in [2.24, 2.45) is 5.92 Å². The minimum atomic E-state index is -0.616. The zero-order valence-corrected chi connectivity index (χ0v) is 19.1. The molecule has 0 saturated carbocycles. The molecule has 0 fully saturated rings. The highest BCUT2D eigenvalue weighted by Gasteiger charge is 2.25. The monoisotopic (exact) mass is 460 g/mol. The Kier molecular flexibility index (Phi) is 7.06. The lowest BCUT2D eigenvalue weighted by Gasteiger charge is -2.17. The summed E-state index contributed by atoms with van der Waals surface area (Å²) >= 11 is 1.44. The molecule has 1 unspecified atom stereocenters. The van der Waals surface area contributed by atoms with Gasteiger partial charge in [0.25, 0.3) is 5.91 Å². The van der Waals surface area contributed by atoms with Crippen LogP contribution < -0.4 is 10.1 Å². The van der Waals surface area contributed by atoms with Gasteiger partial charge < -0.3 is 14.8 Å². The fraction of sp³-hybridized carbons (Fsp3) is 0.269. The molecule has 0 radical (unpaired) electrons. The first-order valence-corrected chi connectivity index (χ1v) is 11.6. The number of anilines is 1. The molecule has 1 amide bonds. The van der Waals surface area contributed by atoms with E-state index in [-0.39, 0.29) is 0 Å². The Hall–Kier alpha value is -3.63. The SMILES string of the molecule is CC1CCc2c(sc(NC(=O)COC(=O)c3cccc(OCc4ccccc4)c3)c2C#N)C1. The number of rotatable bonds is 7. The molecule has 33 heavy (non-hydrogen) atoms. The van der Waals surface area contributed by atoms with E-state index in [1.165, 1.54) is 11.3 Å². The van der Waals surface area contributed by atoms with Crippen molar-refractivity contribution in [1.82, 2.24) is 0 Å². The van der Waals surface area contributed by atoms with Crippen LogP contribution in [0.3, 0.4) is 0 Å². The van der Waals surface area contributed by atoms with E-state index in [4.69, 9.17) is 9.47 Å². The van der Waals surface area contributed by atoms with Crippen LogP contribution in [0.2, 0.25) is 0 Å². The highest BCUT2D eigenvalue weighted by molar-refractivity contribution is 7.16. The van der Waals surface area contributed by atoms with E-state index in [1.54, 1.807) is 24.3 Å². The number of benzene rings is 2. The van der Waals surface area contributed by atoms with Gasteiger partial charge in [0.2, 0.25) is 0 Å². The van der Waals surface area contributed by atoms with Crippen LogP contribution in [-0.2, 0) is 29.0 Å². The van der Waals surface area contributed by atoms with Gasteiger partial charge in [-0.15, -0.1) is 11.3 Å². The normalized spacial score (nSPS) is 14.6. The number of nitrogens with one attached hydrogen (secondary N) is 1. The average molecular weight is 461 g/mol. The number of hydrogen-bond donors (Lipinski definition) is 1. The molecule has 0 saturated heterocycles. The van der Waals surface area contributed by atoms with E-state index < -0.39 is 18.5 Å². The third kappa shape index (κ3) is 5.60. The van der Waals surface area contributed by atoms with Gasteiger partial charge in [0.05, 0.1) is 11.1 Å². The number of ether oxygens (including phenoxy) is 2. The highest BCUT2D eigenvalue weighted by atomic mass is 32.1. The summed E-state index contributed by atoms with van der Waals surface area (Å²) in [6.07, 6.45) is 2.81. The Labute approximate surface area is 196 Å². The molecule has 1 atom stereocenters. The Balaban J connectivity index is 1.33. The number of thiophene rings is 1. The number of esters is 1. The van der Waals surface area contributed by atoms with E-state index in [9.17, 15) is 14.9 Å². The Morgan fingerprint density at radius 2 is 2.00 bits per heavy atom. The topological polar surface area (TPSA) is 88.4 Å². The van der Waals surface area contributed by atoms with Crippen molar-refractivity contribution in [3.05, 3.63) is 81.7 Å². The predicted molar refractivity (Wildman–Crippen MR) is 126 cm³/mol. The average Bonchev–Trinajstić information content (AvgIpc) is 3.17. The quantitative estimate of drug-likeness (QED) is 0.495. The van der Waals surface area contributed by atoms with Gasteiger partial charge in [-0.1, -0.05) is 43.3 Å². The van der Waals surface area contributed by atoms with Gasteiger partial charge in [0.15, 0.2) is 6.61 Å². The van der Waals surface area contributed by atoms with E-state index in [0.29, 0.717) is 34.4 Å². The largest absolute Gasteiger partial charge is 0.489 e. The van der Waals surface area contributed by atoms with Crippen LogP contribution in [0.4, 0.5) is 5.00 Å². The number of carbonyl (C=O) groups is 2. The van der Waals surface area contributed by atoms with Crippen molar-refractivity contribution in [2.75, 3.05) is 11.9 Å². The second-order valence-corrected chi connectivity index (χ2v) is 9.20. The number of nitriles is 1. The lowest BCUT2D eigenvalue weighted by atomic mass is 9.89. The zero-order valence-electron chi connectivity index (χ0n) is 18.3. The summed E-state index contributed by atoms with van der Waals surface area (Å²) in [6, 6.07) is 18.6. The maximum atomic E-state index is 12.4. The molecule has 3 aromatic rings. The molecule has 1 aromatic heterocycles. The standard InChI is InChI=1S/C26H24N2O4S/c1-17-10-11-21-22(14-27)25(33-23(21)12-17)28-24(29)16-32-26(30)19-8-5-9-20(13-19)31-15-18-6-3-2-4-7-18/h2-9,13,17H,10-12,15-16H2,1H3,(H,28,29). The second-order valence-electron chi connectivity index (χ2n) is 8.09. The summed E-state index contributed by atoms with van der Waals surface area (Å²) in [6.45, 7) is 2.14. The highest BCUT2D eigenvalue weighted by Crippen LogP contribution is 2.39. The minimum Gasteiger partial charge on any atom is -0.489 e. The third-order valence-electron chi connectivity index (χ3n) is 5.53. The first-order chi connectivity index (χ1) is 16.0. The number of amides is 1. The summed E-state index contributed by atoms with van der Waals surface area (Å²) in [5, 5.41) is 12.8. The van der Waals surface area contributed by atoms with Crippen LogP contribution in [0.25, 0.3) is 0 Å². The lowest BCUT2D eigenvalue weighted by Crippen LogP contribution is -2.21. The van der Waals surface area contributed by atoms with Crippen molar-refractivity contribution in [1.29, 1.82) is 5.26 Å². The van der Waals surface area contributed by atoms with Crippen molar-refractivity contribution in [2.45, 2.75) is 32.8 Å². The number of fused-ring (bicyclic) bond motifs is 1. The fourth-order valence-corrected chi connectivity index (χ4v) is 5.17. The van der Waals surface area contributed by atoms with E-state index in [1.807, 2.05) is 30.3 Å². The summed E-state index contributed by atoms with van der Waals surface area (Å²) in [5.74, 6) is 0.0209. The molecule has 1 N–H and O–H groups in total. The van der Waals surface area contributed by atoms with Crippen molar-refractivity contribution in [3.8, 4) is 11.8 Å². The van der Waals surface area contributed by atoms with E-state index >= 15 is 0 Å². The molecule has 0 aliphatic heterocycles. The molecule has 7 heteroatoms. The summed E-state index contributed by atoms with van der Waals surface area (Å²) in [7, 11) is 0. The van der Waals surface area contributed by atoms with Gasteiger partial charge in [-0.2, -0.15) is 5.26 Å². The molecular weight excluding hydrogens is 436 g/mol. The number of hydrogen-bond acceptors (Lipinski definition) is 6. The molecule has 2 aromatic carbocycles. The van der Waals surface area contributed by atoms with Gasteiger partial charge in [-0.25, -0.2) is 4.79 Å². The van der Waals surface area contributed by atoms with Crippen molar-refractivity contribution in [3.63, 3.8) is 0 Å². The number of carbonyl (C=O) groups excluding carboxylic acids is 2. The van der Waals surface area contributed by atoms with Crippen LogP contribution >= 0.6 is 11.3 Å². The first-order valence-electron chi connectivity index (χ1n) is 10.8. The Bertz CT molecular complexity index is 1200. The van der Waals surface area contributed by atoms with Gasteiger partial charge in [-0.3, -0.25) is 4.79 Å². The van der Waals surface area contributed by atoms with Crippen molar-refractivity contribution >= 4 is 28.2 Å². The predicted octanol–water partition coefficient (Wildman–Crippen LogP) is 5.12. The maximum absolute atomic E-state index is 12.4. The fourth-order valence-electron chi connectivity index (χ4n) is 3.79. The van der Waals surface area contributed by atoms with Crippen LogP contribution in [0, 0.1) is 17.2 Å². The lowest BCUT2D eigenvalue weighted by molar-refractivity contribution is -0.119. The first kappa shape index (κ1) is 22.6. The summed E-state index contributed by atoms with van der Waals surface area (Å²) in [5.41, 5.74) is 2.89. The number of nitrogens with zero attached hydrogens (tertiary/aromatic N) is 1. The Morgan fingerprint density at radius 1 is 1.18 bits per heavy atom. The summed E-state index contributed by atoms with van der Waals surface area (Å²) in [4.78, 5) is 26.0. The maximum Gasteiger partial charge on any atom is 0.338 e. The molecule has 1 heterocycles. The molecule has 168 valence electrons. The Morgan fingerprint density at radius 3 is 2.79 bits per heavy atom. The van der Waals surface area contributed by atoms with Gasteiger partial charge in [0.1, 0.15) is 23.4 Å². The van der Waals surface area contributed by atoms with Crippen LogP contribution in [0.5, 0.6) is 5.75 Å². The van der Waals surface area contributed by atoms with E-state index in [0.717, 1.165) is 35.3 Å². The summed E-state index contributed by atoms with van der Waals surface area (Å²) < 4.78 is 10.9. The minimum absolute atomic E-state index is 0.298.